The predicted octanol–water partition coefficient (Wildman–Crippen LogP) is 5.93. The van der Waals surface area contributed by atoms with E-state index in [-0.39, 0.29) is 11.2 Å². The summed E-state index contributed by atoms with van der Waals surface area (Å²) in [5.74, 6) is 1.23. The molecule has 1 N–H and O–H groups in total. The van der Waals surface area contributed by atoms with Gasteiger partial charge in [0, 0.05) is 34.9 Å². The third kappa shape index (κ3) is 3.94. The van der Waals surface area contributed by atoms with E-state index in [9.17, 15) is 9.90 Å². The largest absolute Gasteiger partial charge is 0.493 e. The Morgan fingerprint density at radius 3 is 2.71 bits per heavy atom. The maximum absolute atomic E-state index is 13.1. The number of aliphatic hydroxyl groups is 1. The van der Waals surface area contributed by atoms with Crippen molar-refractivity contribution in [1.29, 1.82) is 0 Å². The van der Waals surface area contributed by atoms with Gasteiger partial charge in [0.1, 0.15) is 5.75 Å². The molecule has 0 spiro atoms. The molecule has 0 radical (unpaired) electrons. The lowest BCUT2D eigenvalue weighted by Gasteiger charge is -2.49. The van der Waals surface area contributed by atoms with E-state index in [0.717, 1.165) is 54.7 Å². The highest BCUT2D eigenvalue weighted by Crippen LogP contribution is 2.56. The number of fused-ring (bicyclic) bond motifs is 3. The summed E-state index contributed by atoms with van der Waals surface area (Å²) >= 11 is 0. The second kappa shape index (κ2) is 8.99. The van der Waals surface area contributed by atoms with Crippen molar-refractivity contribution in [3.8, 4) is 5.75 Å². The maximum atomic E-state index is 13.1. The van der Waals surface area contributed by atoms with Gasteiger partial charge in [-0.25, -0.2) is 0 Å². The van der Waals surface area contributed by atoms with E-state index in [4.69, 9.17) is 4.74 Å². The Balaban J connectivity index is 1.45. The molecule has 1 aliphatic carbocycles. The van der Waals surface area contributed by atoms with Gasteiger partial charge < -0.3 is 9.84 Å². The van der Waals surface area contributed by atoms with Crippen molar-refractivity contribution in [3.63, 3.8) is 0 Å². The van der Waals surface area contributed by atoms with Gasteiger partial charge in [-0.1, -0.05) is 55.5 Å². The summed E-state index contributed by atoms with van der Waals surface area (Å²) in [6.45, 7) is 4.79. The molecule has 3 aromatic rings. The number of Topliss-reactive ketones (excluding diaryl/α,β-unsaturated/α-hetero) is 1. The fraction of sp³-hybridized carbons (Fsp3) is 0.400. The molecule has 0 unspecified atom stereocenters. The molecule has 176 valence electrons. The molecule has 34 heavy (non-hydrogen) atoms. The average Bonchev–Trinajstić information content (AvgIpc) is 3.02. The quantitative estimate of drug-likeness (QED) is 0.484. The molecule has 1 aromatic heterocycles. The van der Waals surface area contributed by atoms with Gasteiger partial charge in [-0.2, -0.15) is 0 Å². The first-order valence-electron chi connectivity index (χ1n) is 12.4. The molecule has 1 fully saturated rings. The monoisotopic (exact) mass is 455 g/mol. The Hall–Kier alpha value is -2.98. The van der Waals surface area contributed by atoms with Crippen molar-refractivity contribution < 1.29 is 14.6 Å². The molecule has 1 aliphatic heterocycles. The summed E-state index contributed by atoms with van der Waals surface area (Å²) in [6.07, 6.45) is 6.33. The molecule has 0 bridgehead atoms. The Bertz CT molecular complexity index is 1190. The predicted molar refractivity (Wildman–Crippen MR) is 133 cm³/mol. The van der Waals surface area contributed by atoms with E-state index in [2.05, 4.69) is 18.0 Å². The highest BCUT2D eigenvalue weighted by atomic mass is 16.5. The number of rotatable bonds is 5. The van der Waals surface area contributed by atoms with Crippen LogP contribution in [0.1, 0.15) is 71.8 Å². The van der Waals surface area contributed by atoms with Gasteiger partial charge in [0.05, 0.1) is 12.2 Å². The topological polar surface area (TPSA) is 59.4 Å². The van der Waals surface area contributed by atoms with Gasteiger partial charge in [0.25, 0.3) is 0 Å². The van der Waals surface area contributed by atoms with Crippen LogP contribution >= 0.6 is 0 Å². The van der Waals surface area contributed by atoms with Crippen molar-refractivity contribution in [2.24, 2.45) is 5.92 Å². The fourth-order valence-electron chi connectivity index (χ4n) is 6.26. The molecule has 2 aromatic carbocycles. The number of nitrogens with zero attached hydrogens (tertiary/aromatic N) is 1. The van der Waals surface area contributed by atoms with Crippen LogP contribution in [-0.2, 0) is 17.4 Å². The van der Waals surface area contributed by atoms with E-state index in [1.165, 1.54) is 5.56 Å². The van der Waals surface area contributed by atoms with Crippen molar-refractivity contribution in [2.75, 3.05) is 6.61 Å². The number of hydrogen-bond donors (Lipinski definition) is 1. The molecule has 0 amide bonds. The number of hydrogen-bond acceptors (Lipinski definition) is 4. The molecule has 1 saturated carbocycles. The van der Waals surface area contributed by atoms with Crippen LogP contribution in [0.4, 0.5) is 0 Å². The van der Waals surface area contributed by atoms with E-state index < -0.39 is 5.60 Å². The van der Waals surface area contributed by atoms with Crippen LogP contribution in [0, 0.1) is 12.8 Å². The summed E-state index contributed by atoms with van der Waals surface area (Å²) in [5, 5.41) is 11.6. The number of ether oxygens (including phenoxy) is 1. The smallest absolute Gasteiger partial charge is 0.167 e. The number of aromatic nitrogens is 1. The molecule has 0 saturated heterocycles. The van der Waals surface area contributed by atoms with Crippen molar-refractivity contribution in [3.05, 3.63) is 94.8 Å². The first-order valence-corrected chi connectivity index (χ1v) is 12.4. The number of benzene rings is 2. The van der Waals surface area contributed by atoms with Crippen LogP contribution in [-0.4, -0.2) is 22.5 Å². The standard InChI is InChI=1S/C30H33NO3/c1-3-29-14-15-30(33,24-9-5-4-6-10-24)20-25(29)13-17-34-28-19-23(11-12-26(28)29)27(32)18-22-8-7-16-31-21(22)2/h4-12,16,19,25,33H,3,13-15,17-18,20H2,1-2H3/t25-,29+,30+/m0/s1. The first-order chi connectivity index (χ1) is 16.4. The van der Waals surface area contributed by atoms with Gasteiger partial charge in [-0.15, -0.1) is 0 Å². The van der Waals surface area contributed by atoms with Gasteiger partial charge in [-0.3, -0.25) is 9.78 Å². The van der Waals surface area contributed by atoms with Gasteiger partial charge in [-0.05, 0) is 68.2 Å². The average molecular weight is 456 g/mol. The molecular weight excluding hydrogens is 422 g/mol. The number of carbonyl (C=O) groups is 1. The zero-order valence-corrected chi connectivity index (χ0v) is 20.1. The lowest BCUT2D eigenvalue weighted by atomic mass is 9.56. The second-order valence-electron chi connectivity index (χ2n) is 10.0. The highest BCUT2D eigenvalue weighted by molar-refractivity contribution is 5.98. The van der Waals surface area contributed by atoms with E-state index in [0.29, 0.717) is 24.5 Å². The minimum Gasteiger partial charge on any atom is -0.493 e. The normalized spacial score (nSPS) is 26.0. The Kier molecular flexibility index (Phi) is 6.03. The lowest BCUT2D eigenvalue weighted by molar-refractivity contribution is -0.0534. The molecule has 4 heteroatoms. The summed E-state index contributed by atoms with van der Waals surface area (Å²) in [5.41, 5.74) is 3.89. The van der Waals surface area contributed by atoms with Crippen LogP contribution in [0.2, 0.25) is 0 Å². The van der Waals surface area contributed by atoms with Gasteiger partial charge >= 0.3 is 0 Å². The van der Waals surface area contributed by atoms with E-state index in [1.807, 2.05) is 61.5 Å². The zero-order valence-electron chi connectivity index (χ0n) is 20.1. The first kappa shape index (κ1) is 22.8. The molecule has 2 aliphatic rings. The van der Waals surface area contributed by atoms with Gasteiger partial charge in [0.2, 0.25) is 0 Å². The SMILES string of the molecule is CC[C@@]12CC[C@](O)(c3ccccc3)C[C@@H]1CCOc1cc(C(=O)Cc3cccnc3C)ccc12. The van der Waals surface area contributed by atoms with Crippen LogP contribution in [0.15, 0.2) is 66.9 Å². The molecule has 2 heterocycles. The minimum absolute atomic E-state index is 0.0473. The number of carbonyl (C=O) groups excluding carboxylic acids is 1. The highest BCUT2D eigenvalue weighted by Gasteiger charge is 2.50. The molecule has 4 nitrogen and oxygen atoms in total. The third-order valence-electron chi connectivity index (χ3n) is 8.32. The van der Waals surface area contributed by atoms with Crippen molar-refractivity contribution in [2.45, 2.75) is 63.4 Å². The van der Waals surface area contributed by atoms with Crippen molar-refractivity contribution >= 4 is 5.78 Å². The molecule has 5 rings (SSSR count). The Labute approximate surface area is 202 Å². The number of pyridine rings is 1. The van der Waals surface area contributed by atoms with E-state index >= 15 is 0 Å². The van der Waals surface area contributed by atoms with Crippen molar-refractivity contribution in [1.82, 2.24) is 4.98 Å². The van der Waals surface area contributed by atoms with Crippen LogP contribution in [0.3, 0.4) is 0 Å². The Morgan fingerprint density at radius 1 is 1.12 bits per heavy atom. The Morgan fingerprint density at radius 2 is 1.94 bits per heavy atom. The summed E-state index contributed by atoms with van der Waals surface area (Å²) in [7, 11) is 0. The molecular formula is C30H33NO3. The van der Waals surface area contributed by atoms with Crippen LogP contribution < -0.4 is 4.74 Å². The summed E-state index contributed by atoms with van der Waals surface area (Å²) in [4.78, 5) is 17.4. The number of ketones is 1. The summed E-state index contributed by atoms with van der Waals surface area (Å²) < 4.78 is 6.26. The maximum Gasteiger partial charge on any atom is 0.167 e. The van der Waals surface area contributed by atoms with Gasteiger partial charge in [0.15, 0.2) is 5.78 Å². The van der Waals surface area contributed by atoms with E-state index in [1.54, 1.807) is 6.20 Å². The van der Waals surface area contributed by atoms with Crippen LogP contribution in [0.25, 0.3) is 0 Å². The second-order valence-corrected chi connectivity index (χ2v) is 10.0. The number of aryl methyl sites for hydroxylation is 1. The zero-order chi connectivity index (χ0) is 23.8. The van der Waals surface area contributed by atoms with Crippen LogP contribution in [0.5, 0.6) is 5.75 Å². The minimum atomic E-state index is -0.799. The fourth-order valence-corrected chi connectivity index (χ4v) is 6.26. The molecule has 3 atom stereocenters. The summed E-state index contributed by atoms with van der Waals surface area (Å²) in [6, 6.07) is 20.0. The lowest BCUT2D eigenvalue weighted by Crippen LogP contribution is -2.46. The third-order valence-corrected chi connectivity index (χ3v) is 8.32.